The largest absolute Gasteiger partial charge is 0.330 e. The molecule has 0 aliphatic carbocycles. The molecule has 0 heterocycles. The van der Waals surface area contributed by atoms with Crippen LogP contribution in [0.3, 0.4) is 0 Å². The molecular weight excluding hydrogens is 297 g/mol. The van der Waals surface area contributed by atoms with Crippen molar-refractivity contribution in [2.45, 2.75) is 32.6 Å². The number of carbonyl (C=O) groups is 1. The van der Waals surface area contributed by atoms with Crippen molar-refractivity contribution in [3.63, 3.8) is 0 Å². The lowest BCUT2D eigenvalue weighted by Crippen LogP contribution is -2.11. The predicted molar refractivity (Wildman–Crippen MR) is 75.1 cm³/mol. The SMILES string of the molecule is CCC(CCN)CCC(=O)c1cc(Br)ccc1F. The van der Waals surface area contributed by atoms with Crippen LogP contribution in [0.25, 0.3) is 0 Å². The Labute approximate surface area is 116 Å². The summed E-state index contributed by atoms with van der Waals surface area (Å²) < 4.78 is 14.2. The number of hydrogen-bond donors (Lipinski definition) is 1. The monoisotopic (exact) mass is 315 g/mol. The van der Waals surface area contributed by atoms with Gasteiger partial charge in [-0.25, -0.2) is 4.39 Å². The molecule has 0 aromatic heterocycles. The van der Waals surface area contributed by atoms with Crippen LogP contribution in [0, 0.1) is 11.7 Å². The summed E-state index contributed by atoms with van der Waals surface area (Å²) in [4.78, 5) is 12.0. The second-order valence-electron chi connectivity index (χ2n) is 4.44. The van der Waals surface area contributed by atoms with Crippen LogP contribution in [-0.4, -0.2) is 12.3 Å². The minimum atomic E-state index is -0.449. The van der Waals surface area contributed by atoms with E-state index in [0.717, 1.165) is 23.7 Å². The van der Waals surface area contributed by atoms with Gasteiger partial charge in [0.05, 0.1) is 5.56 Å². The maximum atomic E-state index is 13.5. The molecule has 2 N–H and O–H groups in total. The molecule has 0 aliphatic rings. The number of carbonyl (C=O) groups excluding carboxylic acids is 1. The van der Waals surface area contributed by atoms with Crippen molar-refractivity contribution in [3.8, 4) is 0 Å². The summed E-state index contributed by atoms with van der Waals surface area (Å²) in [6.45, 7) is 2.72. The van der Waals surface area contributed by atoms with Crippen molar-refractivity contribution >= 4 is 21.7 Å². The summed E-state index contributed by atoms with van der Waals surface area (Å²) in [5.74, 6) is -0.131. The molecule has 18 heavy (non-hydrogen) atoms. The molecule has 4 heteroatoms. The summed E-state index contributed by atoms with van der Waals surface area (Å²) in [6.07, 6.45) is 3.08. The van der Waals surface area contributed by atoms with Gasteiger partial charge in [-0.05, 0) is 43.5 Å². The van der Waals surface area contributed by atoms with Gasteiger partial charge in [0.15, 0.2) is 5.78 Å². The van der Waals surface area contributed by atoms with Gasteiger partial charge in [0.2, 0.25) is 0 Å². The number of hydrogen-bond acceptors (Lipinski definition) is 2. The number of ketones is 1. The van der Waals surface area contributed by atoms with Gasteiger partial charge in [0, 0.05) is 10.9 Å². The van der Waals surface area contributed by atoms with E-state index in [-0.39, 0.29) is 11.3 Å². The first-order chi connectivity index (χ1) is 8.58. The van der Waals surface area contributed by atoms with Crippen LogP contribution < -0.4 is 5.73 Å². The Kier molecular flexibility index (Phi) is 6.50. The topological polar surface area (TPSA) is 43.1 Å². The Morgan fingerprint density at radius 1 is 1.44 bits per heavy atom. The van der Waals surface area contributed by atoms with E-state index in [4.69, 9.17) is 5.73 Å². The van der Waals surface area contributed by atoms with Gasteiger partial charge in [-0.15, -0.1) is 0 Å². The zero-order valence-corrected chi connectivity index (χ0v) is 12.2. The minimum Gasteiger partial charge on any atom is -0.330 e. The van der Waals surface area contributed by atoms with E-state index < -0.39 is 5.82 Å². The molecular formula is C14H19BrFNO. The second kappa shape index (κ2) is 7.64. The maximum absolute atomic E-state index is 13.5. The highest BCUT2D eigenvalue weighted by atomic mass is 79.9. The van der Waals surface area contributed by atoms with Crippen LogP contribution in [-0.2, 0) is 0 Å². The van der Waals surface area contributed by atoms with E-state index in [1.54, 1.807) is 12.1 Å². The summed E-state index contributed by atoms with van der Waals surface area (Å²) in [5.41, 5.74) is 5.69. The summed E-state index contributed by atoms with van der Waals surface area (Å²) in [6, 6.07) is 4.45. The van der Waals surface area contributed by atoms with Crippen LogP contribution in [0.4, 0.5) is 4.39 Å². The van der Waals surface area contributed by atoms with Crippen LogP contribution in [0.2, 0.25) is 0 Å². The molecule has 1 aromatic carbocycles. The third-order valence-electron chi connectivity index (χ3n) is 3.16. The first kappa shape index (κ1) is 15.3. The fourth-order valence-corrected chi connectivity index (χ4v) is 2.33. The summed E-state index contributed by atoms with van der Waals surface area (Å²) in [5, 5.41) is 0. The van der Waals surface area contributed by atoms with Crippen LogP contribution in [0.1, 0.15) is 43.0 Å². The van der Waals surface area contributed by atoms with Gasteiger partial charge in [-0.2, -0.15) is 0 Å². The highest BCUT2D eigenvalue weighted by Crippen LogP contribution is 2.20. The van der Waals surface area contributed by atoms with Crippen molar-refractivity contribution in [1.29, 1.82) is 0 Å². The number of benzene rings is 1. The molecule has 1 aromatic rings. The van der Waals surface area contributed by atoms with Crippen LogP contribution >= 0.6 is 15.9 Å². The van der Waals surface area contributed by atoms with Gasteiger partial charge < -0.3 is 5.73 Å². The molecule has 1 atom stereocenters. The molecule has 1 rings (SSSR count). The van der Waals surface area contributed by atoms with E-state index >= 15 is 0 Å². The highest BCUT2D eigenvalue weighted by Gasteiger charge is 2.14. The molecule has 0 aliphatic heterocycles. The molecule has 0 bridgehead atoms. The third-order valence-corrected chi connectivity index (χ3v) is 3.65. The lowest BCUT2D eigenvalue weighted by Gasteiger charge is -2.12. The number of halogens is 2. The quantitative estimate of drug-likeness (QED) is 0.775. The summed E-state index contributed by atoms with van der Waals surface area (Å²) >= 11 is 3.25. The van der Waals surface area contributed by atoms with E-state index in [1.807, 2.05) is 0 Å². The van der Waals surface area contributed by atoms with Gasteiger partial charge >= 0.3 is 0 Å². The molecule has 0 saturated heterocycles. The van der Waals surface area contributed by atoms with Crippen LogP contribution in [0.5, 0.6) is 0 Å². The average Bonchev–Trinajstić information content (AvgIpc) is 2.37. The van der Waals surface area contributed by atoms with E-state index in [9.17, 15) is 9.18 Å². The standard InChI is InChI=1S/C14H19BrFNO/c1-2-10(7-8-17)3-6-14(18)12-9-11(15)4-5-13(12)16/h4-5,9-10H,2-3,6-8,17H2,1H3. The normalized spacial score (nSPS) is 12.4. The van der Waals surface area contributed by atoms with Gasteiger partial charge in [0.25, 0.3) is 0 Å². The van der Waals surface area contributed by atoms with Crippen molar-refractivity contribution in [2.24, 2.45) is 11.7 Å². The Morgan fingerprint density at radius 2 is 2.17 bits per heavy atom. The minimum absolute atomic E-state index is 0.135. The molecule has 0 saturated carbocycles. The van der Waals surface area contributed by atoms with Gasteiger partial charge in [-0.3, -0.25) is 4.79 Å². The molecule has 100 valence electrons. The molecule has 1 unspecified atom stereocenters. The number of nitrogens with two attached hydrogens (primary N) is 1. The second-order valence-corrected chi connectivity index (χ2v) is 5.35. The van der Waals surface area contributed by atoms with Crippen molar-refractivity contribution in [2.75, 3.05) is 6.54 Å². The van der Waals surface area contributed by atoms with E-state index in [1.165, 1.54) is 6.07 Å². The van der Waals surface area contributed by atoms with Crippen LogP contribution in [0.15, 0.2) is 22.7 Å². The Balaban J connectivity index is 2.62. The molecule has 0 amide bonds. The molecule has 2 nitrogen and oxygen atoms in total. The van der Waals surface area contributed by atoms with Gasteiger partial charge in [-0.1, -0.05) is 29.3 Å². The number of rotatable bonds is 7. The molecule has 0 radical (unpaired) electrons. The Bertz CT molecular complexity index is 409. The fraction of sp³-hybridized carbons (Fsp3) is 0.500. The van der Waals surface area contributed by atoms with Crippen molar-refractivity contribution in [1.82, 2.24) is 0 Å². The Morgan fingerprint density at radius 3 is 2.78 bits per heavy atom. The fourth-order valence-electron chi connectivity index (χ4n) is 1.97. The van der Waals surface area contributed by atoms with Gasteiger partial charge in [0.1, 0.15) is 5.82 Å². The zero-order valence-electron chi connectivity index (χ0n) is 10.6. The average molecular weight is 316 g/mol. The smallest absolute Gasteiger partial charge is 0.165 e. The lowest BCUT2D eigenvalue weighted by molar-refractivity contribution is 0.0968. The third kappa shape index (κ3) is 4.50. The van der Waals surface area contributed by atoms with E-state index in [0.29, 0.717) is 18.9 Å². The maximum Gasteiger partial charge on any atom is 0.165 e. The highest BCUT2D eigenvalue weighted by molar-refractivity contribution is 9.10. The lowest BCUT2D eigenvalue weighted by atomic mass is 9.94. The zero-order chi connectivity index (χ0) is 13.5. The molecule has 0 fully saturated rings. The first-order valence-electron chi connectivity index (χ1n) is 6.26. The summed E-state index contributed by atoms with van der Waals surface area (Å²) in [7, 11) is 0. The first-order valence-corrected chi connectivity index (χ1v) is 7.06. The van der Waals surface area contributed by atoms with E-state index in [2.05, 4.69) is 22.9 Å². The predicted octanol–water partition coefficient (Wildman–Crippen LogP) is 3.93. The number of Topliss-reactive ketones (excluding diaryl/α,β-unsaturated/α-hetero) is 1. The van der Waals surface area contributed by atoms with Crippen molar-refractivity contribution < 1.29 is 9.18 Å². The molecule has 0 spiro atoms. The Hall–Kier alpha value is -0.740. The van der Waals surface area contributed by atoms with Crippen molar-refractivity contribution in [3.05, 3.63) is 34.1 Å².